The molecule has 3 aliphatic rings. The molecule has 0 heterocycles. The zero-order valence-corrected chi connectivity index (χ0v) is 29.6. The summed E-state index contributed by atoms with van der Waals surface area (Å²) < 4.78 is 33.0. The SMILES string of the molecule is CCCCCCCCCCCCOS(=O)(=O)O.CN(C)[C@@H]1C(O)=C(C(N)=O)C(=O)[C@@]2(O)C(O)=C3C(=O)c4c(O)cccc4[C@@](C)(O)[C@H]3[C@H](O)[C@@H]12. The Balaban J connectivity index is 0.000000338. The first-order chi connectivity index (χ1) is 23.3. The summed E-state index contributed by atoms with van der Waals surface area (Å²) >= 11 is 0. The van der Waals surface area contributed by atoms with Crippen molar-refractivity contribution in [3.63, 3.8) is 0 Å². The van der Waals surface area contributed by atoms with Crippen LogP contribution in [0.2, 0.25) is 0 Å². The van der Waals surface area contributed by atoms with Crippen molar-refractivity contribution >= 4 is 27.9 Å². The molecule has 15 nitrogen and oxygen atoms in total. The van der Waals surface area contributed by atoms with Crippen molar-refractivity contribution in [1.82, 2.24) is 4.90 Å². The Labute approximate surface area is 292 Å². The van der Waals surface area contributed by atoms with Crippen LogP contribution < -0.4 is 5.73 Å². The van der Waals surface area contributed by atoms with Crippen LogP contribution in [0.1, 0.15) is 94.0 Å². The number of carbonyl (C=O) groups excluding carboxylic acids is 3. The van der Waals surface area contributed by atoms with Crippen LogP contribution in [-0.2, 0) is 29.8 Å². The number of Topliss-reactive ketones (excluding diaryl/α,β-unsaturated/α-hetero) is 2. The molecule has 0 aromatic heterocycles. The number of fused-ring (bicyclic) bond motifs is 3. The van der Waals surface area contributed by atoms with Crippen LogP contribution in [0, 0.1) is 11.8 Å². The predicted molar refractivity (Wildman–Crippen MR) is 180 cm³/mol. The second-order valence-electron chi connectivity index (χ2n) is 13.5. The van der Waals surface area contributed by atoms with Crippen LogP contribution in [0.15, 0.2) is 40.9 Å². The molecule has 1 aromatic carbocycles. The third kappa shape index (κ3) is 8.06. The number of aromatic hydroxyl groups is 1. The van der Waals surface area contributed by atoms with Crippen LogP contribution in [-0.4, -0.2) is 104 Å². The minimum Gasteiger partial charge on any atom is -0.510 e. The summed E-state index contributed by atoms with van der Waals surface area (Å²) in [5.41, 5.74) is -1.88. The summed E-state index contributed by atoms with van der Waals surface area (Å²) in [6, 6.07) is 2.54. The maximum Gasteiger partial charge on any atom is 0.397 e. The van der Waals surface area contributed by atoms with Gasteiger partial charge in [-0.05, 0) is 39.1 Å². The fourth-order valence-corrected chi connectivity index (χ4v) is 7.69. The highest BCUT2D eigenvalue weighted by Gasteiger charge is 2.69. The van der Waals surface area contributed by atoms with E-state index in [1.165, 1.54) is 89.1 Å². The number of primary amides is 1. The van der Waals surface area contributed by atoms with Gasteiger partial charge in [0, 0.05) is 0 Å². The lowest BCUT2D eigenvalue weighted by atomic mass is 9.54. The topological polar surface area (TPSA) is 265 Å². The first-order valence-corrected chi connectivity index (χ1v) is 18.1. The first kappa shape index (κ1) is 41.0. The van der Waals surface area contributed by atoms with E-state index in [0.29, 0.717) is 6.42 Å². The zero-order chi connectivity index (χ0) is 37.8. The minimum absolute atomic E-state index is 0.0281. The molecular weight excluding hydrogens is 676 g/mol. The number of aliphatic hydroxyl groups is 5. The summed E-state index contributed by atoms with van der Waals surface area (Å²) in [5, 5.41) is 66.5. The number of aliphatic hydroxyl groups excluding tert-OH is 3. The van der Waals surface area contributed by atoms with Crippen molar-refractivity contribution in [3.05, 3.63) is 52.0 Å². The summed E-state index contributed by atoms with van der Waals surface area (Å²) in [5.74, 6) is -9.66. The molecule has 3 aliphatic carbocycles. The molecule has 6 atom stereocenters. The van der Waals surface area contributed by atoms with E-state index in [1.54, 1.807) is 0 Å². The number of phenols is 1. The summed E-state index contributed by atoms with van der Waals surface area (Å²) in [6.07, 6.45) is 9.98. The Kier molecular flexibility index (Phi) is 13.4. The van der Waals surface area contributed by atoms with Crippen LogP contribution in [0.3, 0.4) is 0 Å². The van der Waals surface area contributed by atoms with Gasteiger partial charge >= 0.3 is 10.4 Å². The van der Waals surface area contributed by atoms with E-state index in [9.17, 15) is 53.4 Å². The van der Waals surface area contributed by atoms with Gasteiger partial charge in [-0.15, -0.1) is 0 Å². The lowest BCUT2D eigenvalue weighted by molar-refractivity contribution is -0.173. The molecule has 1 amide bonds. The van der Waals surface area contributed by atoms with Gasteiger partial charge in [-0.25, -0.2) is 4.18 Å². The molecule has 0 saturated heterocycles. The Morgan fingerprint density at radius 2 is 1.50 bits per heavy atom. The number of benzene rings is 1. The van der Waals surface area contributed by atoms with Gasteiger partial charge < -0.3 is 36.4 Å². The van der Waals surface area contributed by atoms with Crippen LogP contribution in [0.25, 0.3) is 0 Å². The third-order valence-electron chi connectivity index (χ3n) is 9.77. The molecule has 0 radical (unpaired) electrons. The van der Waals surface area contributed by atoms with E-state index in [4.69, 9.17) is 10.3 Å². The summed E-state index contributed by atoms with van der Waals surface area (Å²) in [6.45, 7) is 3.56. The van der Waals surface area contributed by atoms with Crippen LogP contribution in [0.5, 0.6) is 5.75 Å². The number of phenolic OH excluding ortho intramolecular Hbond substituents is 1. The lowest BCUT2D eigenvalue weighted by Crippen LogP contribution is -2.70. The van der Waals surface area contributed by atoms with Crippen molar-refractivity contribution in [2.75, 3.05) is 20.7 Å². The van der Waals surface area contributed by atoms with Gasteiger partial charge in [0.25, 0.3) is 5.91 Å². The van der Waals surface area contributed by atoms with E-state index in [-0.39, 0.29) is 17.7 Å². The number of ketones is 2. The molecule has 0 saturated carbocycles. The Hall–Kier alpha value is -3.38. The second kappa shape index (κ2) is 16.3. The number of amides is 1. The lowest BCUT2D eigenvalue weighted by Gasteiger charge is -2.55. The highest BCUT2D eigenvalue weighted by atomic mass is 32.3. The first-order valence-electron chi connectivity index (χ1n) is 16.8. The normalized spacial score (nSPS) is 27.8. The molecule has 9 N–H and O–H groups in total. The average Bonchev–Trinajstić information content (AvgIpc) is 3.01. The molecule has 0 spiro atoms. The molecule has 4 rings (SSSR count). The number of likely N-dealkylation sites (N-methyl/N-ethyl adjacent to an activating group) is 1. The zero-order valence-electron chi connectivity index (χ0n) is 28.8. The fourth-order valence-electron chi connectivity index (χ4n) is 7.36. The minimum atomic E-state index is -4.23. The van der Waals surface area contributed by atoms with Gasteiger partial charge in [-0.1, -0.05) is 76.8 Å². The number of rotatable bonds is 14. The Bertz CT molecular complexity index is 1620. The maximum atomic E-state index is 13.3. The van der Waals surface area contributed by atoms with Crippen molar-refractivity contribution in [1.29, 1.82) is 0 Å². The smallest absolute Gasteiger partial charge is 0.397 e. The van der Waals surface area contributed by atoms with Gasteiger partial charge in [0.15, 0.2) is 11.4 Å². The number of nitrogens with zero attached hydrogens (tertiary/aromatic N) is 1. The van der Waals surface area contributed by atoms with E-state index < -0.39 is 91.5 Å². The van der Waals surface area contributed by atoms with E-state index in [0.717, 1.165) is 12.8 Å². The number of unbranched alkanes of at least 4 members (excludes halogenated alkanes) is 9. The molecule has 1 aromatic rings. The standard InChI is InChI=1S/C22H24N2O9.C12H26O4S/c1-21(32)7-5-4-6-8(25)9(7)15(26)10-12(21)17(28)13-14(24(2)3)16(27)11(20(23)31)19(30)22(13,33)18(10)29;1-2-3-4-5-6-7-8-9-10-11-12-16-17(13,14)15/h4-6,12-14,17,25,27-29,32-33H,1-3H3,(H2,23,31);2-12H2,1H3,(H,13,14,15)/t12-,13-,14+,17+,21-,22+;/m1./s1. The van der Waals surface area contributed by atoms with Gasteiger partial charge in [0.2, 0.25) is 5.78 Å². The molecule has 0 aliphatic heterocycles. The second-order valence-corrected chi connectivity index (χ2v) is 14.6. The molecular formula is C34H50N2O13S. The monoisotopic (exact) mass is 726 g/mol. The molecule has 0 unspecified atom stereocenters. The van der Waals surface area contributed by atoms with Crippen LogP contribution >= 0.6 is 0 Å². The van der Waals surface area contributed by atoms with E-state index in [2.05, 4.69) is 11.1 Å². The molecule has 280 valence electrons. The molecule has 16 heteroatoms. The number of hydrogen-bond acceptors (Lipinski definition) is 13. The van der Waals surface area contributed by atoms with Gasteiger partial charge in [0.1, 0.15) is 22.8 Å². The Morgan fingerprint density at radius 1 is 0.960 bits per heavy atom. The van der Waals surface area contributed by atoms with E-state index in [1.807, 2.05) is 0 Å². The molecule has 50 heavy (non-hydrogen) atoms. The summed E-state index contributed by atoms with van der Waals surface area (Å²) in [4.78, 5) is 39.8. The highest BCUT2D eigenvalue weighted by molar-refractivity contribution is 7.80. The van der Waals surface area contributed by atoms with Gasteiger partial charge in [0.05, 0.1) is 47.3 Å². The largest absolute Gasteiger partial charge is 0.510 e. The molecule has 0 fully saturated rings. The molecule has 0 bridgehead atoms. The predicted octanol–water partition coefficient (Wildman–Crippen LogP) is 2.48. The van der Waals surface area contributed by atoms with Crippen molar-refractivity contribution < 1.29 is 62.2 Å². The third-order valence-corrected chi connectivity index (χ3v) is 10.2. The van der Waals surface area contributed by atoms with E-state index >= 15 is 0 Å². The quantitative estimate of drug-likeness (QED) is 0.0778. The number of carbonyl (C=O) groups is 3. The summed E-state index contributed by atoms with van der Waals surface area (Å²) in [7, 11) is -1.38. The van der Waals surface area contributed by atoms with Crippen LogP contribution in [0.4, 0.5) is 0 Å². The Morgan fingerprint density at radius 3 is 2.00 bits per heavy atom. The van der Waals surface area contributed by atoms with Crippen molar-refractivity contribution in [2.24, 2.45) is 17.6 Å². The average molecular weight is 727 g/mol. The van der Waals surface area contributed by atoms with Crippen molar-refractivity contribution in [3.8, 4) is 5.75 Å². The van der Waals surface area contributed by atoms with Gasteiger partial charge in [-0.2, -0.15) is 8.42 Å². The number of hydrogen-bond donors (Lipinski definition) is 8. The van der Waals surface area contributed by atoms with Crippen molar-refractivity contribution in [2.45, 2.75) is 101 Å². The maximum absolute atomic E-state index is 13.3. The van der Waals surface area contributed by atoms with Gasteiger partial charge in [-0.3, -0.25) is 23.8 Å². The number of nitrogens with two attached hydrogens (primary N) is 1. The fraction of sp³-hybridized carbons (Fsp3) is 0.618. The highest BCUT2D eigenvalue weighted by Crippen LogP contribution is 2.56.